The molecule has 5 heteroatoms. The van der Waals surface area contributed by atoms with E-state index in [9.17, 15) is 0 Å². The van der Waals surface area contributed by atoms with E-state index in [1.54, 1.807) is 6.07 Å². The third kappa shape index (κ3) is 5.03. The molecule has 1 saturated heterocycles. The predicted octanol–water partition coefficient (Wildman–Crippen LogP) is 4.18. The van der Waals surface area contributed by atoms with Crippen LogP contribution in [0.5, 0.6) is 5.75 Å². The van der Waals surface area contributed by atoms with Crippen LogP contribution in [0.4, 0.5) is 0 Å². The van der Waals surface area contributed by atoms with E-state index in [4.69, 9.17) is 32.7 Å². The summed E-state index contributed by atoms with van der Waals surface area (Å²) < 4.78 is 11.6. The lowest BCUT2D eigenvalue weighted by Gasteiger charge is -2.35. The summed E-state index contributed by atoms with van der Waals surface area (Å²) in [5.41, 5.74) is 0.973. The fourth-order valence-corrected chi connectivity index (χ4v) is 3.45. The van der Waals surface area contributed by atoms with Crippen LogP contribution < -0.4 is 4.74 Å². The molecule has 0 N–H and O–H groups in total. The van der Waals surface area contributed by atoms with Crippen molar-refractivity contribution in [3.63, 3.8) is 0 Å². The van der Waals surface area contributed by atoms with Gasteiger partial charge in [-0.3, -0.25) is 4.90 Å². The molecule has 0 amide bonds. The molecule has 118 valence electrons. The van der Waals surface area contributed by atoms with Crippen molar-refractivity contribution in [3.05, 3.63) is 27.7 Å². The van der Waals surface area contributed by atoms with E-state index in [1.165, 1.54) is 0 Å². The molecule has 1 fully saturated rings. The van der Waals surface area contributed by atoms with Gasteiger partial charge in [0, 0.05) is 24.7 Å². The maximum absolute atomic E-state index is 6.16. The van der Waals surface area contributed by atoms with Crippen molar-refractivity contribution in [1.29, 1.82) is 0 Å². The molecule has 1 heterocycles. The number of ether oxygens (including phenoxy) is 2. The van der Waals surface area contributed by atoms with Crippen molar-refractivity contribution >= 4 is 23.2 Å². The molecule has 1 aliphatic heterocycles. The zero-order valence-electron chi connectivity index (χ0n) is 12.9. The quantitative estimate of drug-likeness (QED) is 0.755. The van der Waals surface area contributed by atoms with Gasteiger partial charge in [0.25, 0.3) is 0 Å². The van der Waals surface area contributed by atoms with E-state index in [1.807, 2.05) is 13.0 Å². The number of nitrogens with zero attached hydrogens (tertiary/aromatic N) is 1. The highest BCUT2D eigenvalue weighted by Crippen LogP contribution is 2.31. The Morgan fingerprint density at radius 1 is 1.24 bits per heavy atom. The third-order valence-electron chi connectivity index (χ3n) is 3.55. The minimum atomic E-state index is 0.308. The molecule has 2 unspecified atom stereocenters. The molecule has 21 heavy (non-hydrogen) atoms. The lowest BCUT2D eigenvalue weighted by Crippen LogP contribution is -2.45. The summed E-state index contributed by atoms with van der Waals surface area (Å²) in [4.78, 5) is 2.43. The Morgan fingerprint density at radius 3 is 2.52 bits per heavy atom. The van der Waals surface area contributed by atoms with Gasteiger partial charge in [-0.2, -0.15) is 0 Å². The zero-order valence-corrected chi connectivity index (χ0v) is 14.4. The number of aryl methyl sites for hydroxylation is 1. The largest absolute Gasteiger partial charge is 0.492 e. The van der Waals surface area contributed by atoms with Crippen LogP contribution in [0.2, 0.25) is 10.0 Å². The van der Waals surface area contributed by atoms with Crippen LogP contribution in [-0.4, -0.2) is 43.3 Å². The maximum Gasteiger partial charge on any atom is 0.140 e. The monoisotopic (exact) mass is 331 g/mol. The summed E-state index contributed by atoms with van der Waals surface area (Å²) in [7, 11) is 0. The van der Waals surface area contributed by atoms with Gasteiger partial charge < -0.3 is 9.47 Å². The fraction of sp³-hybridized carbons (Fsp3) is 0.625. The third-order valence-corrected chi connectivity index (χ3v) is 4.05. The van der Waals surface area contributed by atoms with Gasteiger partial charge in [-0.1, -0.05) is 23.2 Å². The van der Waals surface area contributed by atoms with E-state index in [0.29, 0.717) is 28.9 Å². The molecule has 2 rings (SSSR count). The first kappa shape index (κ1) is 16.9. The van der Waals surface area contributed by atoms with E-state index >= 15 is 0 Å². The van der Waals surface area contributed by atoms with E-state index in [-0.39, 0.29) is 0 Å². The van der Waals surface area contributed by atoms with Gasteiger partial charge in [0.15, 0.2) is 0 Å². The van der Waals surface area contributed by atoms with Crippen molar-refractivity contribution < 1.29 is 9.47 Å². The second-order valence-electron chi connectivity index (χ2n) is 5.75. The van der Waals surface area contributed by atoms with Crippen LogP contribution in [0.25, 0.3) is 0 Å². The van der Waals surface area contributed by atoms with Gasteiger partial charge in [0.1, 0.15) is 5.75 Å². The molecule has 0 aromatic heterocycles. The first-order valence-corrected chi connectivity index (χ1v) is 8.17. The molecule has 0 saturated carbocycles. The Balaban J connectivity index is 1.77. The second-order valence-corrected chi connectivity index (χ2v) is 6.60. The normalized spacial score (nSPS) is 23.3. The Bertz CT molecular complexity index is 448. The lowest BCUT2D eigenvalue weighted by molar-refractivity contribution is -0.0686. The lowest BCUT2D eigenvalue weighted by atomic mass is 10.2. The number of hydrogen-bond donors (Lipinski definition) is 0. The highest BCUT2D eigenvalue weighted by molar-refractivity contribution is 6.35. The first-order chi connectivity index (χ1) is 9.95. The standard InChI is InChI=1S/C16H23Cl2NO2/c1-11-7-14(17)8-15(18)16(11)20-6-4-5-19-9-12(2)21-13(3)10-19/h7-8,12-13H,4-6,9-10H2,1-3H3. The van der Waals surface area contributed by atoms with E-state index in [2.05, 4.69) is 18.7 Å². The van der Waals surface area contributed by atoms with Crippen molar-refractivity contribution in [2.45, 2.75) is 39.4 Å². The summed E-state index contributed by atoms with van der Waals surface area (Å²) >= 11 is 12.1. The van der Waals surface area contributed by atoms with Crippen molar-refractivity contribution in [1.82, 2.24) is 4.90 Å². The number of hydrogen-bond acceptors (Lipinski definition) is 3. The molecule has 0 aliphatic carbocycles. The summed E-state index contributed by atoms with van der Waals surface area (Å²) in [6.45, 7) is 9.85. The van der Waals surface area contributed by atoms with Gasteiger partial charge in [0.05, 0.1) is 23.8 Å². The molecule has 0 radical (unpaired) electrons. The number of rotatable bonds is 5. The van der Waals surface area contributed by atoms with E-state index in [0.717, 1.165) is 37.4 Å². The second kappa shape index (κ2) is 7.68. The number of halogens is 2. The first-order valence-electron chi connectivity index (χ1n) is 7.42. The fourth-order valence-electron chi connectivity index (χ4n) is 2.80. The summed E-state index contributed by atoms with van der Waals surface area (Å²) in [5, 5.41) is 1.22. The molecule has 1 aliphatic rings. The van der Waals surface area contributed by atoms with Crippen LogP contribution in [0.3, 0.4) is 0 Å². The molecule has 1 aromatic carbocycles. The Morgan fingerprint density at radius 2 is 1.90 bits per heavy atom. The minimum Gasteiger partial charge on any atom is -0.492 e. The summed E-state index contributed by atoms with van der Waals surface area (Å²) in [5.74, 6) is 0.741. The molecule has 1 aromatic rings. The average molecular weight is 332 g/mol. The SMILES string of the molecule is Cc1cc(Cl)cc(Cl)c1OCCCN1CC(C)OC(C)C1. The van der Waals surface area contributed by atoms with Crippen molar-refractivity contribution in [3.8, 4) is 5.75 Å². The smallest absolute Gasteiger partial charge is 0.140 e. The van der Waals surface area contributed by atoms with E-state index < -0.39 is 0 Å². The molecular formula is C16H23Cl2NO2. The van der Waals surface area contributed by atoms with Crippen LogP contribution >= 0.6 is 23.2 Å². The predicted molar refractivity (Wildman–Crippen MR) is 87.8 cm³/mol. The summed E-state index contributed by atoms with van der Waals surface area (Å²) in [6, 6.07) is 3.59. The zero-order chi connectivity index (χ0) is 15.4. The highest BCUT2D eigenvalue weighted by atomic mass is 35.5. The highest BCUT2D eigenvalue weighted by Gasteiger charge is 2.21. The van der Waals surface area contributed by atoms with Crippen LogP contribution in [0.15, 0.2) is 12.1 Å². The number of benzene rings is 1. The Labute approximate surface area is 137 Å². The van der Waals surface area contributed by atoms with Crippen molar-refractivity contribution in [2.24, 2.45) is 0 Å². The molecule has 0 bridgehead atoms. The Hall–Kier alpha value is -0.480. The average Bonchev–Trinajstić information content (AvgIpc) is 2.35. The van der Waals surface area contributed by atoms with Gasteiger partial charge in [-0.05, 0) is 44.9 Å². The molecule has 0 spiro atoms. The van der Waals surface area contributed by atoms with Crippen molar-refractivity contribution in [2.75, 3.05) is 26.2 Å². The van der Waals surface area contributed by atoms with Gasteiger partial charge in [0.2, 0.25) is 0 Å². The van der Waals surface area contributed by atoms with Gasteiger partial charge in [-0.15, -0.1) is 0 Å². The summed E-state index contributed by atoms with van der Waals surface area (Å²) in [6.07, 6.45) is 1.59. The molecule has 3 nitrogen and oxygen atoms in total. The van der Waals surface area contributed by atoms with Crippen LogP contribution in [-0.2, 0) is 4.74 Å². The molecule has 2 atom stereocenters. The van der Waals surface area contributed by atoms with Crippen LogP contribution in [0, 0.1) is 6.92 Å². The maximum atomic E-state index is 6.16. The van der Waals surface area contributed by atoms with Crippen LogP contribution in [0.1, 0.15) is 25.8 Å². The molecular weight excluding hydrogens is 309 g/mol. The topological polar surface area (TPSA) is 21.7 Å². The van der Waals surface area contributed by atoms with Gasteiger partial charge >= 0.3 is 0 Å². The minimum absolute atomic E-state index is 0.308. The number of morpholine rings is 1. The van der Waals surface area contributed by atoms with Gasteiger partial charge in [-0.25, -0.2) is 0 Å². The Kier molecular flexibility index (Phi) is 6.18.